The smallest absolute Gasteiger partial charge is 0.165 e. The van der Waals surface area contributed by atoms with Gasteiger partial charge in [-0.25, -0.2) is 15.0 Å². The average molecular weight is 375 g/mol. The van der Waals surface area contributed by atoms with E-state index in [2.05, 4.69) is 37.4 Å². The summed E-state index contributed by atoms with van der Waals surface area (Å²) in [5.41, 5.74) is 4.60. The van der Waals surface area contributed by atoms with Gasteiger partial charge in [0, 0.05) is 5.39 Å². The van der Waals surface area contributed by atoms with Gasteiger partial charge in [0.15, 0.2) is 5.82 Å². The van der Waals surface area contributed by atoms with E-state index in [-0.39, 0.29) is 0 Å². The molecule has 2 aromatic carbocycles. The fourth-order valence-electron chi connectivity index (χ4n) is 3.05. The molecule has 5 heteroatoms. The molecule has 0 aliphatic heterocycles. The predicted octanol–water partition coefficient (Wildman–Crippen LogP) is 4.86. The zero-order chi connectivity index (χ0) is 16.1. The van der Waals surface area contributed by atoms with E-state index in [1.165, 1.54) is 0 Å². The van der Waals surface area contributed by atoms with Crippen molar-refractivity contribution in [3.8, 4) is 11.5 Å². The van der Waals surface area contributed by atoms with Gasteiger partial charge >= 0.3 is 0 Å². The second kappa shape index (κ2) is 5.11. The highest BCUT2D eigenvalue weighted by Crippen LogP contribution is 2.28. The zero-order valence-electron chi connectivity index (χ0n) is 12.5. The van der Waals surface area contributed by atoms with Crippen LogP contribution in [0.1, 0.15) is 0 Å². The number of aromatic nitrogens is 4. The molecule has 114 valence electrons. The van der Waals surface area contributed by atoms with Gasteiger partial charge in [0.1, 0.15) is 15.9 Å². The minimum Gasteiger partial charge on any atom is -0.274 e. The molecule has 0 bridgehead atoms. The van der Waals surface area contributed by atoms with Crippen molar-refractivity contribution in [2.24, 2.45) is 0 Å². The lowest BCUT2D eigenvalue weighted by molar-refractivity contribution is 1.12. The van der Waals surface area contributed by atoms with Gasteiger partial charge in [0.25, 0.3) is 0 Å². The maximum atomic E-state index is 4.88. The first kappa shape index (κ1) is 13.6. The van der Waals surface area contributed by atoms with Crippen LogP contribution in [0, 0.1) is 0 Å². The Bertz CT molecular complexity index is 1230. The van der Waals surface area contributed by atoms with E-state index in [0.29, 0.717) is 0 Å². The van der Waals surface area contributed by atoms with E-state index in [1.54, 1.807) is 0 Å². The molecule has 3 heterocycles. The molecule has 3 aromatic heterocycles. The highest BCUT2D eigenvalue weighted by atomic mass is 79.9. The highest BCUT2D eigenvalue weighted by molar-refractivity contribution is 9.10. The lowest BCUT2D eigenvalue weighted by atomic mass is 10.2. The molecule has 5 aromatic rings. The van der Waals surface area contributed by atoms with E-state index in [4.69, 9.17) is 9.97 Å². The van der Waals surface area contributed by atoms with Crippen molar-refractivity contribution in [1.29, 1.82) is 0 Å². The van der Waals surface area contributed by atoms with E-state index in [9.17, 15) is 0 Å². The molecule has 0 aliphatic rings. The Kier molecular flexibility index (Phi) is 2.90. The van der Waals surface area contributed by atoms with Crippen molar-refractivity contribution >= 4 is 43.5 Å². The van der Waals surface area contributed by atoms with Crippen LogP contribution in [0.2, 0.25) is 0 Å². The van der Waals surface area contributed by atoms with Gasteiger partial charge in [0.2, 0.25) is 0 Å². The van der Waals surface area contributed by atoms with Gasteiger partial charge in [-0.05, 0) is 52.3 Å². The van der Waals surface area contributed by atoms with Crippen LogP contribution in [0.25, 0.3) is 39.1 Å². The Hall–Kier alpha value is -2.79. The molecule has 0 amide bonds. The van der Waals surface area contributed by atoms with Gasteiger partial charge in [-0.2, -0.15) is 0 Å². The van der Waals surface area contributed by atoms with Crippen molar-refractivity contribution in [1.82, 2.24) is 19.4 Å². The Balaban J connectivity index is 2.04. The molecule has 0 radical (unpaired) electrons. The number of rotatable bonds is 1. The monoisotopic (exact) mass is 374 g/mol. The quantitative estimate of drug-likeness (QED) is 0.393. The van der Waals surface area contributed by atoms with Crippen LogP contribution >= 0.6 is 15.9 Å². The fraction of sp³-hybridized carbons (Fsp3) is 0. The number of halogens is 1. The Morgan fingerprint density at radius 1 is 0.708 bits per heavy atom. The number of benzene rings is 2. The number of pyridine rings is 1. The molecule has 4 nitrogen and oxygen atoms in total. The molecule has 24 heavy (non-hydrogen) atoms. The zero-order valence-corrected chi connectivity index (χ0v) is 14.1. The first-order valence-corrected chi connectivity index (χ1v) is 8.39. The van der Waals surface area contributed by atoms with Gasteiger partial charge in [0.05, 0.1) is 16.6 Å². The van der Waals surface area contributed by atoms with Crippen LogP contribution in [0.5, 0.6) is 0 Å². The largest absolute Gasteiger partial charge is 0.274 e. The summed E-state index contributed by atoms with van der Waals surface area (Å²) in [4.78, 5) is 14.3. The SMILES string of the molecule is Brc1cccc(-c2nc3ccccc3c3nc4ccccc4n23)n1. The molecule has 0 spiro atoms. The first-order valence-electron chi connectivity index (χ1n) is 7.60. The second-order valence-corrected chi connectivity index (χ2v) is 6.37. The van der Waals surface area contributed by atoms with Crippen molar-refractivity contribution in [2.75, 3.05) is 0 Å². The summed E-state index contributed by atoms with van der Waals surface area (Å²) in [5, 5.41) is 1.03. The van der Waals surface area contributed by atoms with Crippen LogP contribution in [0.4, 0.5) is 0 Å². The van der Waals surface area contributed by atoms with E-state index in [1.807, 2.05) is 54.6 Å². The molecule has 0 saturated carbocycles. The number of hydrogen-bond donors (Lipinski definition) is 0. The molecule has 0 N–H and O–H groups in total. The van der Waals surface area contributed by atoms with Crippen LogP contribution in [0.15, 0.2) is 71.3 Å². The predicted molar refractivity (Wildman–Crippen MR) is 98.9 cm³/mol. The lowest BCUT2D eigenvalue weighted by Gasteiger charge is -2.08. The van der Waals surface area contributed by atoms with Crippen molar-refractivity contribution in [3.05, 3.63) is 71.3 Å². The molecular weight excluding hydrogens is 364 g/mol. The number of para-hydroxylation sites is 3. The molecule has 0 saturated heterocycles. The van der Waals surface area contributed by atoms with E-state index in [0.717, 1.165) is 43.7 Å². The van der Waals surface area contributed by atoms with Crippen LogP contribution < -0.4 is 0 Å². The number of nitrogens with zero attached hydrogens (tertiary/aromatic N) is 4. The summed E-state index contributed by atoms with van der Waals surface area (Å²) >= 11 is 3.45. The third-order valence-electron chi connectivity index (χ3n) is 4.09. The molecular formula is C19H11BrN4. The molecule has 0 atom stereocenters. The standard InChI is InChI=1S/C19H11BrN4/c20-17-11-5-9-15(21-17)19-22-13-7-2-1-6-12(13)18-23-14-8-3-4-10-16(14)24(18)19/h1-11H. The average Bonchev–Trinajstić information content (AvgIpc) is 3.01. The van der Waals surface area contributed by atoms with Crippen molar-refractivity contribution in [2.45, 2.75) is 0 Å². The number of fused-ring (bicyclic) bond motifs is 5. The first-order chi connectivity index (χ1) is 11.8. The number of imidazole rings is 1. The Morgan fingerprint density at radius 2 is 1.50 bits per heavy atom. The fourth-order valence-corrected chi connectivity index (χ4v) is 3.39. The minimum absolute atomic E-state index is 0.785. The minimum atomic E-state index is 0.785. The maximum absolute atomic E-state index is 4.88. The molecule has 0 fully saturated rings. The molecule has 0 unspecified atom stereocenters. The van der Waals surface area contributed by atoms with Crippen LogP contribution in [0.3, 0.4) is 0 Å². The maximum Gasteiger partial charge on any atom is 0.165 e. The number of hydrogen-bond acceptors (Lipinski definition) is 3. The lowest BCUT2D eigenvalue weighted by Crippen LogP contribution is -1.99. The summed E-state index contributed by atoms with van der Waals surface area (Å²) in [5.74, 6) is 0.790. The third-order valence-corrected chi connectivity index (χ3v) is 4.53. The van der Waals surface area contributed by atoms with Gasteiger partial charge in [-0.15, -0.1) is 0 Å². The second-order valence-electron chi connectivity index (χ2n) is 5.56. The Morgan fingerprint density at radius 3 is 2.38 bits per heavy atom. The van der Waals surface area contributed by atoms with Crippen LogP contribution in [-0.4, -0.2) is 19.4 Å². The highest BCUT2D eigenvalue weighted by Gasteiger charge is 2.15. The van der Waals surface area contributed by atoms with Gasteiger partial charge < -0.3 is 0 Å². The van der Waals surface area contributed by atoms with Gasteiger partial charge in [-0.1, -0.05) is 30.3 Å². The van der Waals surface area contributed by atoms with Crippen molar-refractivity contribution in [3.63, 3.8) is 0 Å². The summed E-state index contributed by atoms with van der Waals surface area (Å²) < 4.78 is 2.87. The summed E-state index contributed by atoms with van der Waals surface area (Å²) in [7, 11) is 0. The van der Waals surface area contributed by atoms with Gasteiger partial charge in [-0.3, -0.25) is 4.40 Å². The molecule has 0 aliphatic carbocycles. The third kappa shape index (κ3) is 1.95. The summed E-state index contributed by atoms with van der Waals surface area (Å²) in [6.07, 6.45) is 0. The topological polar surface area (TPSA) is 43.1 Å². The normalized spacial score (nSPS) is 11.5. The summed E-state index contributed by atoms with van der Waals surface area (Å²) in [6.45, 7) is 0. The Labute approximate surface area is 145 Å². The van der Waals surface area contributed by atoms with Crippen LogP contribution in [-0.2, 0) is 0 Å². The van der Waals surface area contributed by atoms with Crippen molar-refractivity contribution < 1.29 is 0 Å². The summed E-state index contributed by atoms with van der Waals surface area (Å²) in [6, 6.07) is 22.0. The van der Waals surface area contributed by atoms with E-state index < -0.39 is 0 Å². The molecule has 5 rings (SSSR count). The van der Waals surface area contributed by atoms with E-state index >= 15 is 0 Å².